The maximum absolute atomic E-state index is 13.8. The molecule has 2 aromatic heterocycles. The van der Waals surface area contributed by atoms with Crippen LogP contribution in [0.1, 0.15) is 30.7 Å². The van der Waals surface area contributed by atoms with Crippen molar-refractivity contribution in [2.75, 3.05) is 5.32 Å². The largest absolute Gasteiger partial charge is 0.377 e. The summed E-state index contributed by atoms with van der Waals surface area (Å²) in [7, 11) is 0. The van der Waals surface area contributed by atoms with Gasteiger partial charge in [-0.25, -0.2) is 9.37 Å². The maximum Gasteiger partial charge on any atom is 0.274 e. The van der Waals surface area contributed by atoms with E-state index in [0.29, 0.717) is 17.2 Å². The number of aromatic nitrogens is 4. The van der Waals surface area contributed by atoms with Crippen molar-refractivity contribution in [3.05, 3.63) is 88.1 Å². The average molecular weight is 403 g/mol. The van der Waals surface area contributed by atoms with Gasteiger partial charge in [-0.1, -0.05) is 43.3 Å². The van der Waals surface area contributed by atoms with Crippen LogP contribution in [0, 0.1) is 5.82 Å². The Bertz CT molecular complexity index is 1300. The first kappa shape index (κ1) is 19.6. The molecule has 0 bridgehead atoms. The van der Waals surface area contributed by atoms with E-state index in [0.717, 1.165) is 28.7 Å². The molecule has 0 atom stereocenters. The molecule has 30 heavy (non-hydrogen) atoms. The summed E-state index contributed by atoms with van der Waals surface area (Å²) in [5.74, 6) is 0.467. The van der Waals surface area contributed by atoms with Crippen molar-refractivity contribution in [2.24, 2.45) is 0 Å². The number of hydrogen-bond acceptors (Lipinski definition) is 4. The molecule has 0 unspecified atom stereocenters. The van der Waals surface area contributed by atoms with E-state index >= 15 is 0 Å². The molecule has 0 saturated heterocycles. The average Bonchev–Trinajstić information content (AvgIpc) is 3.17. The smallest absolute Gasteiger partial charge is 0.274 e. The third-order valence-corrected chi connectivity index (χ3v) is 4.94. The number of aromatic amines is 1. The van der Waals surface area contributed by atoms with E-state index in [1.165, 1.54) is 16.6 Å². The predicted molar refractivity (Wildman–Crippen MR) is 117 cm³/mol. The lowest BCUT2D eigenvalue weighted by atomic mass is 9.97. The van der Waals surface area contributed by atoms with Crippen LogP contribution in [0.15, 0.2) is 59.9 Å². The number of aryl methyl sites for hydroxylation is 1. The predicted octanol–water partition coefficient (Wildman–Crippen LogP) is 4.43. The summed E-state index contributed by atoms with van der Waals surface area (Å²) in [6, 6.07) is 13.8. The van der Waals surface area contributed by atoms with Crippen molar-refractivity contribution in [1.29, 1.82) is 0 Å². The van der Waals surface area contributed by atoms with Gasteiger partial charge in [0, 0.05) is 11.6 Å². The molecule has 4 aromatic rings. The van der Waals surface area contributed by atoms with Crippen LogP contribution in [-0.4, -0.2) is 19.6 Å². The number of nitrogens with one attached hydrogen (secondary N) is 2. The highest BCUT2D eigenvalue weighted by Crippen LogP contribution is 2.24. The number of para-hydroxylation sites is 1. The Balaban J connectivity index is 1.66. The number of allylic oxidation sites excluding steroid dienone is 1. The van der Waals surface area contributed by atoms with Gasteiger partial charge in [0.2, 0.25) is 0 Å². The summed E-state index contributed by atoms with van der Waals surface area (Å²) in [6.07, 6.45) is 0.861. The highest BCUT2D eigenvalue weighted by molar-refractivity contribution is 5.69. The number of anilines is 1. The Morgan fingerprint density at radius 3 is 2.73 bits per heavy atom. The van der Waals surface area contributed by atoms with Crippen molar-refractivity contribution in [3.8, 4) is 11.4 Å². The van der Waals surface area contributed by atoms with Gasteiger partial charge in [0.15, 0.2) is 5.82 Å². The minimum Gasteiger partial charge on any atom is -0.377 e. The fraction of sp³-hybridized carbons (Fsp3) is 0.174. The first-order chi connectivity index (χ1) is 14.5. The zero-order valence-electron chi connectivity index (χ0n) is 16.9. The van der Waals surface area contributed by atoms with E-state index in [4.69, 9.17) is 0 Å². The Morgan fingerprint density at radius 2 is 2.00 bits per heavy atom. The molecular formula is C23H22FN5O. The van der Waals surface area contributed by atoms with Crippen LogP contribution >= 0.6 is 0 Å². The highest BCUT2D eigenvalue weighted by atomic mass is 19.1. The number of hydrogen-bond donors (Lipinski definition) is 2. The Hall–Kier alpha value is -3.74. The summed E-state index contributed by atoms with van der Waals surface area (Å²) in [6.45, 7) is 8.31. The molecule has 0 aliphatic rings. The number of fused-ring (bicyclic) bond motifs is 1. The molecule has 2 aromatic carbocycles. The van der Waals surface area contributed by atoms with E-state index in [2.05, 4.69) is 33.9 Å². The lowest BCUT2D eigenvalue weighted by molar-refractivity contribution is 0.630. The van der Waals surface area contributed by atoms with Crippen molar-refractivity contribution in [1.82, 2.24) is 19.6 Å². The minimum absolute atomic E-state index is 0.210. The lowest BCUT2D eigenvalue weighted by Crippen LogP contribution is -2.17. The second-order valence-corrected chi connectivity index (χ2v) is 7.13. The third-order valence-electron chi connectivity index (χ3n) is 4.94. The van der Waals surface area contributed by atoms with Crippen LogP contribution in [0.5, 0.6) is 0 Å². The SMILES string of the molecule is C=C(C)c1ccc(-c2nc3nc(CNc4ccccc4F)cc(=O)n3[nH]2)cc1CC. The van der Waals surface area contributed by atoms with Gasteiger partial charge in [0.05, 0.1) is 17.9 Å². The van der Waals surface area contributed by atoms with Gasteiger partial charge in [-0.05, 0) is 42.7 Å². The number of benzene rings is 2. The first-order valence-corrected chi connectivity index (χ1v) is 9.72. The van der Waals surface area contributed by atoms with Gasteiger partial charge < -0.3 is 5.32 Å². The number of rotatable bonds is 6. The minimum atomic E-state index is -0.359. The fourth-order valence-electron chi connectivity index (χ4n) is 3.39. The molecule has 6 nitrogen and oxygen atoms in total. The fourth-order valence-corrected chi connectivity index (χ4v) is 3.39. The molecule has 7 heteroatoms. The topological polar surface area (TPSA) is 75.1 Å². The second-order valence-electron chi connectivity index (χ2n) is 7.13. The molecule has 152 valence electrons. The lowest BCUT2D eigenvalue weighted by Gasteiger charge is -2.08. The maximum atomic E-state index is 13.8. The molecule has 2 heterocycles. The molecular weight excluding hydrogens is 381 g/mol. The van der Waals surface area contributed by atoms with E-state index < -0.39 is 0 Å². The molecule has 0 spiro atoms. The Kier molecular flexibility index (Phi) is 5.18. The van der Waals surface area contributed by atoms with Gasteiger partial charge in [0.1, 0.15) is 5.82 Å². The Morgan fingerprint density at radius 1 is 1.20 bits per heavy atom. The van der Waals surface area contributed by atoms with Gasteiger partial charge in [-0.15, -0.1) is 0 Å². The van der Waals surface area contributed by atoms with Crippen LogP contribution < -0.4 is 10.9 Å². The van der Waals surface area contributed by atoms with Crippen LogP contribution in [0.2, 0.25) is 0 Å². The van der Waals surface area contributed by atoms with Crippen LogP contribution in [-0.2, 0) is 13.0 Å². The molecule has 2 N–H and O–H groups in total. The third kappa shape index (κ3) is 3.74. The summed E-state index contributed by atoms with van der Waals surface area (Å²) in [5.41, 5.74) is 4.71. The molecule has 0 amide bonds. The second kappa shape index (κ2) is 7.94. The Labute approximate surface area is 173 Å². The quantitative estimate of drug-likeness (QED) is 0.499. The van der Waals surface area contributed by atoms with Gasteiger partial charge in [0.25, 0.3) is 11.3 Å². The standard InChI is InChI=1S/C23H22FN5O/c1-4-15-11-16(9-10-18(15)14(2)3)22-27-23-26-17(12-21(30)29(23)28-22)13-25-20-8-6-5-7-19(20)24/h5-12,25H,2,4,13H2,1,3H3,(H,26,27,28). The van der Waals surface area contributed by atoms with E-state index in [1.54, 1.807) is 18.2 Å². The van der Waals surface area contributed by atoms with Gasteiger partial charge in [-0.3, -0.25) is 9.89 Å². The van der Waals surface area contributed by atoms with E-state index in [9.17, 15) is 9.18 Å². The molecule has 0 aliphatic heterocycles. The number of halogens is 1. The number of nitrogens with zero attached hydrogens (tertiary/aromatic N) is 3. The van der Waals surface area contributed by atoms with E-state index in [1.807, 2.05) is 25.1 Å². The summed E-state index contributed by atoms with van der Waals surface area (Å²) < 4.78 is 15.1. The molecule has 0 fully saturated rings. The summed E-state index contributed by atoms with van der Waals surface area (Å²) >= 11 is 0. The van der Waals surface area contributed by atoms with Gasteiger partial charge >= 0.3 is 0 Å². The summed E-state index contributed by atoms with van der Waals surface area (Å²) in [4.78, 5) is 21.5. The van der Waals surface area contributed by atoms with Crippen LogP contribution in [0.25, 0.3) is 22.7 Å². The van der Waals surface area contributed by atoms with Crippen molar-refractivity contribution >= 4 is 17.0 Å². The number of H-pyrrole nitrogens is 1. The molecule has 0 saturated carbocycles. The molecule has 0 aliphatic carbocycles. The van der Waals surface area contributed by atoms with Crippen LogP contribution in [0.4, 0.5) is 10.1 Å². The van der Waals surface area contributed by atoms with Crippen LogP contribution in [0.3, 0.4) is 0 Å². The van der Waals surface area contributed by atoms with Crippen molar-refractivity contribution in [3.63, 3.8) is 0 Å². The highest BCUT2D eigenvalue weighted by Gasteiger charge is 2.12. The first-order valence-electron chi connectivity index (χ1n) is 9.72. The zero-order valence-corrected chi connectivity index (χ0v) is 16.9. The monoisotopic (exact) mass is 403 g/mol. The van der Waals surface area contributed by atoms with Gasteiger partial charge in [-0.2, -0.15) is 9.50 Å². The van der Waals surface area contributed by atoms with E-state index in [-0.39, 0.29) is 23.7 Å². The normalized spacial score (nSPS) is 11.0. The summed E-state index contributed by atoms with van der Waals surface area (Å²) in [5, 5.41) is 5.98. The van der Waals surface area contributed by atoms with Crippen molar-refractivity contribution < 1.29 is 4.39 Å². The van der Waals surface area contributed by atoms with Crippen molar-refractivity contribution in [2.45, 2.75) is 26.8 Å². The molecule has 0 radical (unpaired) electrons. The molecule has 4 rings (SSSR count). The zero-order chi connectivity index (χ0) is 21.3.